The summed E-state index contributed by atoms with van der Waals surface area (Å²) >= 11 is 0. The Bertz CT molecular complexity index is 501. The van der Waals surface area contributed by atoms with E-state index in [0.29, 0.717) is 19.3 Å². The third-order valence-corrected chi connectivity index (χ3v) is 5.12. The molecule has 1 aliphatic carbocycles. The number of hydrogen-bond donors (Lipinski definition) is 2. The van der Waals surface area contributed by atoms with Gasteiger partial charge in [-0.3, -0.25) is 4.79 Å². The van der Waals surface area contributed by atoms with Crippen LogP contribution in [0.15, 0.2) is 30.3 Å². The van der Waals surface area contributed by atoms with E-state index < -0.39 is 6.10 Å². The summed E-state index contributed by atoms with van der Waals surface area (Å²) in [5, 5.41) is 20.3. The van der Waals surface area contributed by atoms with Crippen molar-refractivity contribution >= 4 is 5.97 Å². The Morgan fingerprint density at radius 3 is 2.77 bits per heavy atom. The largest absolute Gasteiger partial charge is 0.462 e. The molecule has 0 bridgehead atoms. The molecular weight excluding hydrogens is 280 g/mol. The molecule has 2 fully saturated rings. The molecule has 4 nitrogen and oxygen atoms in total. The van der Waals surface area contributed by atoms with Gasteiger partial charge in [-0.25, -0.2) is 0 Å². The van der Waals surface area contributed by atoms with E-state index in [1.165, 1.54) is 5.56 Å². The quantitative estimate of drug-likeness (QED) is 0.790. The van der Waals surface area contributed by atoms with E-state index in [1.54, 1.807) is 0 Å². The van der Waals surface area contributed by atoms with Crippen LogP contribution in [0.3, 0.4) is 0 Å². The van der Waals surface area contributed by atoms with Crippen molar-refractivity contribution in [1.82, 2.24) is 0 Å². The normalized spacial score (nSPS) is 31.8. The first-order valence-corrected chi connectivity index (χ1v) is 8.23. The van der Waals surface area contributed by atoms with E-state index in [0.717, 1.165) is 19.3 Å². The lowest BCUT2D eigenvalue weighted by molar-refractivity contribution is -0.141. The minimum Gasteiger partial charge on any atom is -0.462 e. The highest BCUT2D eigenvalue weighted by Crippen LogP contribution is 2.43. The second kappa shape index (κ2) is 6.80. The Kier molecular flexibility index (Phi) is 4.79. The molecule has 1 aromatic rings. The maximum atomic E-state index is 11.4. The van der Waals surface area contributed by atoms with Crippen molar-refractivity contribution in [3.05, 3.63) is 35.9 Å². The van der Waals surface area contributed by atoms with Gasteiger partial charge >= 0.3 is 5.97 Å². The van der Waals surface area contributed by atoms with Crippen LogP contribution in [0, 0.1) is 11.8 Å². The predicted molar refractivity (Wildman–Crippen MR) is 82.1 cm³/mol. The van der Waals surface area contributed by atoms with Crippen LogP contribution in [0.4, 0.5) is 0 Å². The molecule has 120 valence electrons. The lowest BCUT2D eigenvalue weighted by Gasteiger charge is -2.20. The zero-order valence-electron chi connectivity index (χ0n) is 12.7. The highest BCUT2D eigenvalue weighted by atomic mass is 16.6. The van der Waals surface area contributed by atoms with E-state index >= 15 is 0 Å². The third kappa shape index (κ3) is 3.50. The van der Waals surface area contributed by atoms with Crippen molar-refractivity contribution < 1.29 is 19.7 Å². The fourth-order valence-electron chi connectivity index (χ4n) is 3.89. The number of esters is 1. The van der Waals surface area contributed by atoms with Crippen molar-refractivity contribution in [2.24, 2.45) is 11.8 Å². The maximum Gasteiger partial charge on any atom is 0.306 e. The number of benzene rings is 1. The molecule has 1 aliphatic heterocycles. The molecule has 5 atom stereocenters. The number of ether oxygens (including phenoxy) is 1. The molecule has 0 radical (unpaired) electrons. The van der Waals surface area contributed by atoms with E-state index in [2.05, 4.69) is 12.1 Å². The maximum absolute atomic E-state index is 11.4. The van der Waals surface area contributed by atoms with Crippen molar-refractivity contribution in [2.75, 3.05) is 0 Å². The highest BCUT2D eigenvalue weighted by molar-refractivity contribution is 5.72. The van der Waals surface area contributed by atoms with Gasteiger partial charge in [0.1, 0.15) is 6.10 Å². The zero-order chi connectivity index (χ0) is 15.5. The number of aryl methyl sites for hydroxylation is 1. The van der Waals surface area contributed by atoms with Crippen LogP contribution in [0.2, 0.25) is 0 Å². The fourth-order valence-corrected chi connectivity index (χ4v) is 3.89. The topological polar surface area (TPSA) is 66.8 Å². The molecule has 1 heterocycles. The van der Waals surface area contributed by atoms with Crippen LogP contribution in [0.25, 0.3) is 0 Å². The summed E-state index contributed by atoms with van der Waals surface area (Å²) in [5.74, 6) is 0.0863. The fraction of sp³-hybridized carbons (Fsp3) is 0.611. The van der Waals surface area contributed by atoms with Crippen LogP contribution in [0.5, 0.6) is 0 Å². The molecule has 2 N–H and O–H groups in total. The van der Waals surface area contributed by atoms with Gasteiger partial charge in [-0.1, -0.05) is 30.3 Å². The first-order chi connectivity index (χ1) is 10.6. The van der Waals surface area contributed by atoms with Gasteiger partial charge in [0.2, 0.25) is 0 Å². The van der Waals surface area contributed by atoms with Crippen LogP contribution in [0.1, 0.15) is 37.7 Å². The highest BCUT2D eigenvalue weighted by Gasteiger charge is 2.49. The third-order valence-electron chi connectivity index (χ3n) is 5.12. The van der Waals surface area contributed by atoms with Crippen LogP contribution >= 0.6 is 0 Å². The van der Waals surface area contributed by atoms with Gasteiger partial charge in [-0.05, 0) is 37.2 Å². The lowest BCUT2D eigenvalue weighted by atomic mass is 9.87. The monoisotopic (exact) mass is 304 g/mol. The van der Waals surface area contributed by atoms with Crippen LogP contribution in [-0.4, -0.2) is 34.5 Å². The average Bonchev–Trinajstić information content (AvgIpc) is 2.99. The van der Waals surface area contributed by atoms with Gasteiger partial charge in [-0.2, -0.15) is 0 Å². The van der Waals surface area contributed by atoms with Crippen LogP contribution in [-0.2, 0) is 16.0 Å². The van der Waals surface area contributed by atoms with Gasteiger partial charge < -0.3 is 14.9 Å². The number of carbonyl (C=O) groups is 1. The molecule has 1 aromatic carbocycles. The Morgan fingerprint density at radius 2 is 2.00 bits per heavy atom. The van der Waals surface area contributed by atoms with E-state index in [1.807, 2.05) is 18.2 Å². The number of aliphatic hydroxyl groups excluding tert-OH is 2. The lowest BCUT2D eigenvalue weighted by Crippen LogP contribution is -2.22. The van der Waals surface area contributed by atoms with Gasteiger partial charge in [0.15, 0.2) is 0 Å². The molecule has 3 rings (SSSR count). The number of hydrogen-bond acceptors (Lipinski definition) is 4. The first-order valence-electron chi connectivity index (χ1n) is 8.23. The molecule has 0 unspecified atom stereocenters. The van der Waals surface area contributed by atoms with E-state index in [-0.39, 0.29) is 30.0 Å². The first kappa shape index (κ1) is 15.5. The molecule has 1 saturated carbocycles. The van der Waals surface area contributed by atoms with Crippen LogP contribution < -0.4 is 0 Å². The number of aliphatic hydroxyl groups is 2. The SMILES string of the molecule is O=C1C[C@@H]2[C@@H](CC[C@@H](O)CCc3ccccc3)[C@H](O)C[C@@H]2O1. The Balaban J connectivity index is 1.44. The van der Waals surface area contributed by atoms with Crippen molar-refractivity contribution in [3.63, 3.8) is 0 Å². The summed E-state index contributed by atoms with van der Waals surface area (Å²) in [7, 11) is 0. The summed E-state index contributed by atoms with van der Waals surface area (Å²) in [6, 6.07) is 10.1. The molecule has 22 heavy (non-hydrogen) atoms. The molecule has 1 saturated heterocycles. The summed E-state index contributed by atoms with van der Waals surface area (Å²) in [6.45, 7) is 0. The zero-order valence-corrected chi connectivity index (χ0v) is 12.7. The van der Waals surface area contributed by atoms with Gasteiger partial charge in [0, 0.05) is 12.3 Å². The summed E-state index contributed by atoms with van der Waals surface area (Å²) in [4.78, 5) is 11.4. The molecule has 2 aliphatic rings. The smallest absolute Gasteiger partial charge is 0.306 e. The Hall–Kier alpha value is -1.39. The summed E-state index contributed by atoms with van der Waals surface area (Å²) in [5.41, 5.74) is 1.23. The van der Waals surface area contributed by atoms with Gasteiger partial charge in [-0.15, -0.1) is 0 Å². The van der Waals surface area contributed by atoms with Gasteiger partial charge in [0.05, 0.1) is 18.6 Å². The second-order valence-corrected chi connectivity index (χ2v) is 6.62. The van der Waals surface area contributed by atoms with Crippen molar-refractivity contribution in [3.8, 4) is 0 Å². The molecule has 0 amide bonds. The number of fused-ring (bicyclic) bond motifs is 1. The molecule has 0 aromatic heterocycles. The Labute approximate surface area is 131 Å². The number of carbonyl (C=O) groups excluding carboxylic acids is 1. The average molecular weight is 304 g/mol. The predicted octanol–water partition coefficient (Wildman–Crippen LogP) is 2.07. The molecule has 0 spiro atoms. The number of rotatable bonds is 6. The van der Waals surface area contributed by atoms with E-state index in [9.17, 15) is 15.0 Å². The summed E-state index contributed by atoms with van der Waals surface area (Å²) < 4.78 is 5.24. The van der Waals surface area contributed by atoms with Gasteiger partial charge in [0.25, 0.3) is 0 Å². The minimum atomic E-state index is -0.399. The molecular formula is C18H24O4. The Morgan fingerprint density at radius 1 is 1.23 bits per heavy atom. The van der Waals surface area contributed by atoms with Crippen molar-refractivity contribution in [1.29, 1.82) is 0 Å². The second-order valence-electron chi connectivity index (χ2n) is 6.62. The van der Waals surface area contributed by atoms with Crippen molar-refractivity contribution in [2.45, 2.75) is 56.8 Å². The van der Waals surface area contributed by atoms with E-state index in [4.69, 9.17) is 4.74 Å². The minimum absolute atomic E-state index is 0.0859. The molecule has 4 heteroatoms. The summed E-state index contributed by atoms with van der Waals surface area (Å²) in [6.07, 6.45) is 3.15. The standard InChI is InChI=1S/C18H24O4/c19-13(7-6-12-4-2-1-3-5-12)8-9-14-15-10-18(21)22-17(15)11-16(14)20/h1-5,13-17,19-20H,6-11H2/t13-,14+,15+,16+,17-/m0/s1.